The first-order chi connectivity index (χ1) is 32.2. The van der Waals surface area contributed by atoms with Crippen molar-refractivity contribution in [1.29, 1.82) is 0 Å². The predicted molar refractivity (Wildman–Crippen MR) is 268 cm³/mol. The number of furan rings is 2. The molecule has 0 radical (unpaired) electrons. The fraction of sp³-hybridized carbons (Fsp3) is 0. The summed E-state index contributed by atoms with van der Waals surface area (Å²) in [5.41, 5.74) is 13.5. The molecule has 306 valence electrons. The van der Waals surface area contributed by atoms with Crippen LogP contribution in [-0.4, -0.2) is 15.2 Å². The lowest BCUT2D eigenvalue weighted by Gasteiger charge is -2.25. The molecule has 4 aromatic heterocycles. The van der Waals surface area contributed by atoms with E-state index in [9.17, 15) is 0 Å². The molecule has 65 heavy (non-hydrogen) atoms. The van der Waals surface area contributed by atoms with Crippen LogP contribution >= 0.6 is 11.3 Å². The summed E-state index contributed by atoms with van der Waals surface area (Å²) in [4.78, 5) is 10.4. The summed E-state index contributed by atoms with van der Waals surface area (Å²) in [5, 5.41) is 15.0. The molecule has 13 rings (SSSR count). The van der Waals surface area contributed by atoms with Crippen LogP contribution in [0.15, 0.2) is 221 Å². The summed E-state index contributed by atoms with van der Waals surface area (Å²) < 4.78 is 13.8. The van der Waals surface area contributed by atoms with E-state index in [2.05, 4.69) is 180 Å². The molecule has 0 aliphatic heterocycles. The molecule has 0 saturated carbocycles. The normalized spacial score (nSPS) is 11.7. The Bertz CT molecular complexity index is 3640. The first-order valence-corrected chi connectivity index (χ1v) is 22.3. The summed E-state index contributed by atoms with van der Waals surface area (Å²) >= 11 is 1.61. The lowest BCUT2D eigenvalue weighted by molar-refractivity contribution is 0.668. The largest absolute Gasteiger partial charge is 0.456 e. The molecule has 0 bridgehead atoms. The number of nitrogens with zero attached hydrogens (tertiary/aromatic N) is 5. The van der Waals surface area contributed by atoms with Crippen LogP contribution in [0.25, 0.3) is 86.6 Å². The first-order valence-electron chi connectivity index (χ1n) is 21.5. The van der Waals surface area contributed by atoms with Crippen LogP contribution in [0, 0.1) is 0 Å². The van der Waals surface area contributed by atoms with Crippen molar-refractivity contribution < 1.29 is 8.83 Å². The van der Waals surface area contributed by atoms with Crippen LogP contribution in [-0.2, 0) is 0 Å². The number of hydrogen-bond acceptors (Lipinski definition) is 8. The van der Waals surface area contributed by atoms with Gasteiger partial charge < -0.3 is 13.7 Å². The third kappa shape index (κ3) is 6.38. The molecular formula is C57H35N5O2S. The molecular weight excluding hydrogens is 819 g/mol. The van der Waals surface area contributed by atoms with E-state index in [0.717, 1.165) is 109 Å². The third-order valence-electron chi connectivity index (χ3n) is 12.2. The van der Waals surface area contributed by atoms with Crippen molar-refractivity contribution >= 4 is 110 Å². The van der Waals surface area contributed by atoms with Gasteiger partial charge >= 0.3 is 0 Å². The minimum atomic E-state index is 0.464. The zero-order chi connectivity index (χ0) is 42.8. The van der Waals surface area contributed by atoms with Gasteiger partial charge in [-0.15, -0.1) is 21.5 Å². The van der Waals surface area contributed by atoms with E-state index in [1.54, 1.807) is 11.3 Å². The Balaban J connectivity index is 0.929. The highest BCUT2D eigenvalue weighted by Gasteiger charge is 2.22. The monoisotopic (exact) mass is 853 g/mol. The molecule has 0 amide bonds. The number of fused-ring (bicyclic) bond motifs is 9. The van der Waals surface area contributed by atoms with Crippen molar-refractivity contribution in [3.63, 3.8) is 0 Å². The second-order valence-corrected chi connectivity index (χ2v) is 17.1. The van der Waals surface area contributed by atoms with Gasteiger partial charge in [-0.2, -0.15) is 4.98 Å². The highest BCUT2D eigenvalue weighted by Crippen LogP contribution is 2.44. The Morgan fingerprint density at radius 1 is 0.338 bits per heavy atom. The summed E-state index contributed by atoms with van der Waals surface area (Å²) in [5.74, 6) is 0.464. The molecule has 7 nitrogen and oxygen atoms in total. The van der Waals surface area contributed by atoms with Crippen molar-refractivity contribution in [2.45, 2.75) is 0 Å². The fourth-order valence-electron chi connectivity index (χ4n) is 9.07. The standard InChI is InChI=1S/C57H35N5O2S/c1-3-11-36(12-4-1)38-19-23-40(24-20-38)61(42-27-30-47-45-15-7-9-17-50(45)63-52(47)33-42)44-29-32-49-54(35-44)65-56-55(49)59-60-57(58-56)62(41-25-21-39(22-26-41)37-13-5-2-6-14-37)43-28-31-48-46-16-8-10-18-51(46)64-53(48)34-43/h1-35H. The molecule has 0 saturated heterocycles. The van der Waals surface area contributed by atoms with E-state index in [-0.39, 0.29) is 0 Å². The van der Waals surface area contributed by atoms with Crippen molar-refractivity contribution in [3.05, 3.63) is 212 Å². The average Bonchev–Trinajstić information content (AvgIpc) is 4.05. The van der Waals surface area contributed by atoms with E-state index in [1.165, 1.54) is 5.56 Å². The summed E-state index contributed by atoms with van der Waals surface area (Å²) in [6.45, 7) is 0. The number of hydrogen-bond donors (Lipinski definition) is 0. The lowest BCUT2D eigenvalue weighted by atomic mass is 10.0. The molecule has 0 aliphatic rings. The van der Waals surface area contributed by atoms with Gasteiger partial charge in [-0.25, -0.2) is 0 Å². The molecule has 4 heterocycles. The SMILES string of the molecule is c1ccc(-c2ccc(N(c3ccc4c(c3)oc3ccccc34)c3ccc4c(c3)sc3nc(N(c5ccc(-c6ccccc6)cc5)c5ccc6c(c5)oc5ccccc56)nnc34)cc2)cc1. The van der Waals surface area contributed by atoms with Crippen LogP contribution in [0.4, 0.5) is 34.4 Å². The second kappa shape index (κ2) is 15.0. The van der Waals surface area contributed by atoms with Crippen molar-refractivity contribution in [1.82, 2.24) is 15.2 Å². The maximum absolute atomic E-state index is 6.40. The third-order valence-corrected chi connectivity index (χ3v) is 13.3. The summed E-state index contributed by atoms with van der Waals surface area (Å²) in [6.07, 6.45) is 0. The molecule has 0 unspecified atom stereocenters. The average molecular weight is 854 g/mol. The number of thiophene rings is 1. The predicted octanol–water partition coefficient (Wildman–Crippen LogP) is 16.3. The maximum Gasteiger partial charge on any atom is 0.255 e. The Hall–Kier alpha value is -8.59. The molecule has 0 atom stereocenters. The smallest absolute Gasteiger partial charge is 0.255 e. The Morgan fingerprint density at radius 3 is 1.34 bits per heavy atom. The van der Waals surface area contributed by atoms with Crippen LogP contribution in [0.1, 0.15) is 0 Å². The minimum Gasteiger partial charge on any atom is -0.456 e. The number of anilines is 6. The lowest BCUT2D eigenvalue weighted by Crippen LogP contribution is -2.14. The zero-order valence-corrected chi connectivity index (χ0v) is 35.5. The highest BCUT2D eigenvalue weighted by atomic mass is 32.1. The van der Waals surface area contributed by atoms with Crippen LogP contribution in [0.3, 0.4) is 0 Å². The second-order valence-electron chi connectivity index (χ2n) is 16.1. The van der Waals surface area contributed by atoms with Gasteiger partial charge in [0.2, 0.25) is 0 Å². The van der Waals surface area contributed by atoms with E-state index in [0.29, 0.717) is 5.95 Å². The van der Waals surface area contributed by atoms with Gasteiger partial charge in [0, 0.05) is 66.5 Å². The topological polar surface area (TPSA) is 71.4 Å². The molecule has 13 aromatic rings. The quantitative estimate of drug-likeness (QED) is 0.151. The Kier molecular flexibility index (Phi) is 8.57. The van der Waals surface area contributed by atoms with E-state index >= 15 is 0 Å². The fourth-order valence-corrected chi connectivity index (χ4v) is 10.1. The van der Waals surface area contributed by atoms with Gasteiger partial charge in [0.15, 0.2) is 0 Å². The van der Waals surface area contributed by atoms with Crippen LogP contribution in [0.5, 0.6) is 0 Å². The van der Waals surface area contributed by atoms with Gasteiger partial charge in [0.05, 0.1) is 5.69 Å². The molecule has 0 N–H and O–H groups in total. The van der Waals surface area contributed by atoms with Gasteiger partial charge in [0.1, 0.15) is 32.7 Å². The van der Waals surface area contributed by atoms with Gasteiger partial charge in [-0.3, -0.25) is 4.90 Å². The zero-order valence-electron chi connectivity index (χ0n) is 34.7. The summed E-state index contributed by atoms with van der Waals surface area (Å²) in [7, 11) is 0. The van der Waals surface area contributed by atoms with Crippen LogP contribution in [0.2, 0.25) is 0 Å². The van der Waals surface area contributed by atoms with Gasteiger partial charge in [0.25, 0.3) is 5.95 Å². The van der Waals surface area contributed by atoms with Crippen molar-refractivity contribution in [2.75, 3.05) is 9.80 Å². The highest BCUT2D eigenvalue weighted by molar-refractivity contribution is 7.25. The number of benzene rings is 9. The molecule has 9 aromatic carbocycles. The maximum atomic E-state index is 6.40. The molecule has 0 fully saturated rings. The van der Waals surface area contributed by atoms with Crippen LogP contribution < -0.4 is 9.80 Å². The van der Waals surface area contributed by atoms with Gasteiger partial charge in [-0.05, 0) is 101 Å². The van der Waals surface area contributed by atoms with E-state index in [1.807, 2.05) is 42.5 Å². The van der Waals surface area contributed by atoms with Crippen molar-refractivity contribution in [2.24, 2.45) is 0 Å². The number of aromatic nitrogens is 3. The number of para-hydroxylation sites is 2. The first kappa shape index (κ1) is 37.0. The number of rotatable bonds is 8. The summed E-state index contributed by atoms with van der Waals surface area (Å²) in [6, 6.07) is 73.7. The Morgan fingerprint density at radius 2 is 0.769 bits per heavy atom. The Labute approximate surface area is 376 Å². The van der Waals surface area contributed by atoms with E-state index in [4.69, 9.17) is 24.0 Å². The van der Waals surface area contributed by atoms with Gasteiger partial charge in [-0.1, -0.05) is 121 Å². The minimum absolute atomic E-state index is 0.464. The molecule has 0 spiro atoms. The van der Waals surface area contributed by atoms with Crippen molar-refractivity contribution in [3.8, 4) is 22.3 Å². The molecule has 8 heteroatoms. The van der Waals surface area contributed by atoms with E-state index < -0.39 is 0 Å². The molecule has 0 aliphatic carbocycles.